The van der Waals surface area contributed by atoms with Crippen LogP contribution in [0, 0.1) is 11.7 Å². The maximum Gasteiger partial charge on any atom is 0.231 e. The number of nitrogens with two attached hydrogens (primary N) is 1. The second-order valence-corrected chi connectivity index (χ2v) is 8.76. The average Bonchev–Trinajstić information content (AvgIpc) is 3.47. The van der Waals surface area contributed by atoms with E-state index in [1.54, 1.807) is 18.3 Å². The van der Waals surface area contributed by atoms with Crippen molar-refractivity contribution in [2.75, 3.05) is 4.90 Å². The highest BCUT2D eigenvalue weighted by Gasteiger charge is 2.46. The smallest absolute Gasteiger partial charge is 0.231 e. The monoisotopic (exact) mass is 418 g/mol. The molecule has 3 unspecified atom stereocenters. The number of nitrogens with zero attached hydrogens (tertiary/aromatic N) is 3. The molecule has 0 bridgehead atoms. The second-order valence-electron chi connectivity index (χ2n) is 8.76. The number of imidazole rings is 1. The molecule has 1 fully saturated rings. The molecule has 0 aliphatic heterocycles. The normalized spacial score (nSPS) is 22.1. The maximum atomic E-state index is 13.6. The maximum absolute atomic E-state index is 13.6. The van der Waals surface area contributed by atoms with E-state index < -0.39 is 0 Å². The van der Waals surface area contributed by atoms with Gasteiger partial charge in [-0.2, -0.15) is 0 Å². The first-order chi connectivity index (χ1) is 15.0. The van der Waals surface area contributed by atoms with Gasteiger partial charge < -0.3 is 15.2 Å². The molecule has 160 valence electrons. The predicted octanol–water partition coefficient (Wildman–Crippen LogP) is 4.23. The Morgan fingerprint density at radius 3 is 2.81 bits per heavy atom. The summed E-state index contributed by atoms with van der Waals surface area (Å²) in [5.41, 5.74) is 10.7. The van der Waals surface area contributed by atoms with Crippen molar-refractivity contribution in [3.8, 4) is 0 Å². The van der Waals surface area contributed by atoms with Gasteiger partial charge in [0.15, 0.2) is 0 Å². The van der Waals surface area contributed by atoms with Crippen LogP contribution in [0.4, 0.5) is 10.1 Å². The van der Waals surface area contributed by atoms with E-state index in [4.69, 9.17) is 5.73 Å². The Labute approximate surface area is 181 Å². The van der Waals surface area contributed by atoms with Crippen molar-refractivity contribution >= 4 is 11.6 Å². The van der Waals surface area contributed by atoms with Gasteiger partial charge in [0.05, 0.1) is 6.54 Å². The summed E-state index contributed by atoms with van der Waals surface area (Å²) in [6.07, 6.45) is 7.53. The lowest BCUT2D eigenvalue weighted by molar-refractivity contribution is -0.120. The molecule has 3 aromatic rings. The van der Waals surface area contributed by atoms with Crippen LogP contribution in [0.3, 0.4) is 0 Å². The molecule has 5 nitrogen and oxygen atoms in total. The summed E-state index contributed by atoms with van der Waals surface area (Å²) in [5.74, 6) is 0.692. The minimum absolute atomic E-state index is 0.0155. The van der Waals surface area contributed by atoms with Gasteiger partial charge >= 0.3 is 0 Å². The first-order valence-electron chi connectivity index (χ1n) is 10.9. The highest BCUT2D eigenvalue weighted by Crippen LogP contribution is 2.49. The summed E-state index contributed by atoms with van der Waals surface area (Å²) in [6, 6.07) is 12.8. The fourth-order valence-electron chi connectivity index (χ4n) is 4.72. The van der Waals surface area contributed by atoms with Gasteiger partial charge in [0.2, 0.25) is 5.91 Å². The first-order valence-corrected chi connectivity index (χ1v) is 10.9. The first kappa shape index (κ1) is 19.9. The number of hydrogen-bond acceptors (Lipinski definition) is 3. The number of halogens is 1. The molecule has 31 heavy (non-hydrogen) atoms. The van der Waals surface area contributed by atoms with E-state index >= 15 is 0 Å². The molecule has 2 aromatic carbocycles. The standard InChI is InChI=1S/C25H27FN4O/c1-29-12-11-28-24(29)15-30(19-10-7-16-3-2-4-23(27)21(16)13-19)25(31)22-14-20(22)17-5-8-18(26)9-6-17/h5-13,20,22-23H,2-4,14-15,27H2,1H3. The molecule has 5 rings (SSSR count). The summed E-state index contributed by atoms with van der Waals surface area (Å²) in [7, 11) is 1.94. The molecular formula is C25H27FN4O. The molecule has 0 spiro atoms. The van der Waals surface area contributed by atoms with Gasteiger partial charge in [0.1, 0.15) is 11.6 Å². The third kappa shape index (κ3) is 3.88. The summed E-state index contributed by atoms with van der Waals surface area (Å²) in [4.78, 5) is 19.9. The Bertz CT molecular complexity index is 1110. The molecule has 0 saturated heterocycles. The van der Waals surface area contributed by atoms with Crippen LogP contribution >= 0.6 is 0 Å². The SMILES string of the molecule is Cn1ccnc1CN(C(=O)C1CC1c1ccc(F)cc1)c1ccc2c(c1)C(N)CCC2. The molecule has 1 amide bonds. The number of amides is 1. The quantitative estimate of drug-likeness (QED) is 0.674. The molecule has 3 atom stereocenters. The average molecular weight is 419 g/mol. The Morgan fingerprint density at radius 2 is 2.06 bits per heavy atom. The van der Waals surface area contributed by atoms with Gasteiger partial charge in [-0.05, 0) is 72.6 Å². The number of fused-ring (bicyclic) bond motifs is 1. The molecule has 2 N–H and O–H groups in total. The number of aromatic nitrogens is 2. The van der Waals surface area contributed by atoms with Crippen molar-refractivity contribution in [3.63, 3.8) is 0 Å². The van der Waals surface area contributed by atoms with Gasteiger partial charge in [-0.25, -0.2) is 9.37 Å². The van der Waals surface area contributed by atoms with Gasteiger partial charge in [0.25, 0.3) is 0 Å². The Balaban J connectivity index is 1.45. The molecule has 0 radical (unpaired) electrons. The fourth-order valence-corrected chi connectivity index (χ4v) is 4.72. The number of aryl methyl sites for hydroxylation is 2. The second kappa shape index (κ2) is 7.93. The zero-order chi connectivity index (χ0) is 21.5. The molecule has 2 aliphatic rings. The third-order valence-corrected chi connectivity index (χ3v) is 6.69. The van der Waals surface area contributed by atoms with E-state index in [1.807, 2.05) is 28.8 Å². The van der Waals surface area contributed by atoms with Crippen LogP contribution in [0.2, 0.25) is 0 Å². The number of anilines is 1. The lowest BCUT2D eigenvalue weighted by Gasteiger charge is -2.27. The van der Waals surface area contributed by atoms with Crippen LogP contribution in [0.1, 0.15) is 53.7 Å². The van der Waals surface area contributed by atoms with Crippen LogP contribution in [-0.2, 0) is 24.8 Å². The molecule has 6 heteroatoms. The summed E-state index contributed by atoms with van der Waals surface area (Å²) < 4.78 is 15.2. The van der Waals surface area contributed by atoms with Crippen LogP contribution in [0.25, 0.3) is 0 Å². The van der Waals surface area contributed by atoms with Gasteiger partial charge in [-0.3, -0.25) is 4.79 Å². The van der Waals surface area contributed by atoms with Gasteiger partial charge in [0, 0.05) is 37.1 Å². The van der Waals surface area contributed by atoms with Crippen molar-refractivity contribution in [3.05, 3.63) is 83.2 Å². The van der Waals surface area contributed by atoms with E-state index in [9.17, 15) is 9.18 Å². The highest BCUT2D eigenvalue weighted by molar-refractivity contribution is 5.97. The van der Waals surface area contributed by atoms with E-state index in [-0.39, 0.29) is 29.6 Å². The minimum atomic E-state index is -0.255. The van der Waals surface area contributed by atoms with Crippen LogP contribution in [-0.4, -0.2) is 15.5 Å². The van der Waals surface area contributed by atoms with Crippen LogP contribution in [0.15, 0.2) is 54.9 Å². The molecule has 2 aliphatic carbocycles. The van der Waals surface area contributed by atoms with Gasteiger partial charge in [-0.1, -0.05) is 18.2 Å². The van der Waals surface area contributed by atoms with Crippen LogP contribution < -0.4 is 10.6 Å². The van der Waals surface area contributed by atoms with E-state index in [1.165, 1.54) is 17.7 Å². The summed E-state index contributed by atoms with van der Waals surface area (Å²) in [6.45, 7) is 0.406. The lowest BCUT2D eigenvalue weighted by Crippen LogP contribution is -2.33. The molecule has 1 heterocycles. The molecular weight excluding hydrogens is 391 g/mol. The molecule has 1 aromatic heterocycles. The van der Waals surface area contributed by atoms with Crippen molar-refractivity contribution in [2.45, 2.75) is 44.2 Å². The largest absolute Gasteiger partial charge is 0.337 e. The number of carbonyl (C=O) groups excluding carboxylic acids is 1. The third-order valence-electron chi connectivity index (χ3n) is 6.69. The van der Waals surface area contributed by atoms with Crippen molar-refractivity contribution in [1.29, 1.82) is 0 Å². The van der Waals surface area contributed by atoms with E-state index in [0.29, 0.717) is 6.54 Å². The Kier molecular flexibility index (Phi) is 5.10. The number of rotatable bonds is 5. The number of hydrogen-bond donors (Lipinski definition) is 1. The Morgan fingerprint density at radius 1 is 1.26 bits per heavy atom. The molecule has 1 saturated carbocycles. The van der Waals surface area contributed by atoms with Gasteiger partial charge in [-0.15, -0.1) is 0 Å². The number of carbonyl (C=O) groups is 1. The topological polar surface area (TPSA) is 64.2 Å². The minimum Gasteiger partial charge on any atom is -0.337 e. The predicted molar refractivity (Wildman–Crippen MR) is 118 cm³/mol. The van der Waals surface area contributed by atoms with E-state index in [2.05, 4.69) is 17.1 Å². The zero-order valence-corrected chi connectivity index (χ0v) is 17.7. The van der Waals surface area contributed by atoms with Crippen molar-refractivity contribution < 1.29 is 9.18 Å². The summed E-state index contributed by atoms with van der Waals surface area (Å²) >= 11 is 0. The number of benzene rings is 2. The van der Waals surface area contributed by atoms with Crippen molar-refractivity contribution in [2.24, 2.45) is 18.7 Å². The highest BCUT2D eigenvalue weighted by atomic mass is 19.1. The fraction of sp³-hybridized carbons (Fsp3) is 0.360. The summed E-state index contributed by atoms with van der Waals surface area (Å²) in [5, 5.41) is 0. The Hall–Kier alpha value is -2.99. The van der Waals surface area contributed by atoms with Crippen LogP contribution in [0.5, 0.6) is 0 Å². The zero-order valence-electron chi connectivity index (χ0n) is 17.7. The van der Waals surface area contributed by atoms with E-state index in [0.717, 1.165) is 48.3 Å². The van der Waals surface area contributed by atoms with Crippen molar-refractivity contribution in [1.82, 2.24) is 9.55 Å². The lowest BCUT2D eigenvalue weighted by atomic mass is 9.88.